The number of nitrogens with zero attached hydrogens (tertiary/aromatic N) is 1. The Hall–Kier alpha value is -2.23. The van der Waals surface area contributed by atoms with E-state index in [1.807, 2.05) is 30.3 Å². The summed E-state index contributed by atoms with van der Waals surface area (Å²) < 4.78 is 5.28. The number of nitrogens with one attached hydrogen (secondary N) is 1. The van der Waals surface area contributed by atoms with Crippen molar-refractivity contribution >= 4 is 11.5 Å². The Morgan fingerprint density at radius 3 is 2.76 bits per heavy atom. The van der Waals surface area contributed by atoms with Crippen molar-refractivity contribution in [1.29, 1.82) is 0 Å². The summed E-state index contributed by atoms with van der Waals surface area (Å²) in [6.07, 6.45) is 1.71. The van der Waals surface area contributed by atoms with Crippen LogP contribution in [0.3, 0.4) is 0 Å². The standard InChI is InChI=1S/C13H15N3O/c1-17-12-5-3-2-4-10(12)8-15-11-6-7-13(14)16-9-11/h2-7,9,15H,8H2,1H3,(H2,14,16). The van der Waals surface area contributed by atoms with Gasteiger partial charge >= 0.3 is 0 Å². The number of nitrogen functional groups attached to an aromatic ring is 1. The first-order valence-corrected chi connectivity index (χ1v) is 5.37. The average molecular weight is 229 g/mol. The van der Waals surface area contributed by atoms with Crippen molar-refractivity contribution in [3.8, 4) is 5.75 Å². The molecule has 0 aliphatic heterocycles. The van der Waals surface area contributed by atoms with E-state index in [9.17, 15) is 0 Å². The lowest BCUT2D eigenvalue weighted by Crippen LogP contribution is -2.02. The zero-order chi connectivity index (χ0) is 12.1. The predicted octanol–water partition coefficient (Wildman–Crippen LogP) is 2.28. The number of methoxy groups -OCH3 is 1. The number of nitrogens with two attached hydrogens (primary N) is 1. The van der Waals surface area contributed by atoms with Crippen LogP contribution in [0.25, 0.3) is 0 Å². The molecule has 1 aromatic carbocycles. The quantitative estimate of drug-likeness (QED) is 0.844. The first kappa shape index (κ1) is 11.3. The maximum atomic E-state index is 5.52. The molecule has 88 valence electrons. The molecule has 2 rings (SSSR count). The summed E-state index contributed by atoms with van der Waals surface area (Å²) >= 11 is 0. The van der Waals surface area contributed by atoms with Gasteiger partial charge in [0, 0.05) is 12.1 Å². The molecule has 0 fully saturated rings. The maximum absolute atomic E-state index is 5.52. The van der Waals surface area contributed by atoms with Gasteiger partial charge in [0.2, 0.25) is 0 Å². The van der Waals surface area contributed by atoms with E-state index in [4.69, 9.17) is 10.5 Å². The van der Waals surface area contributed by atoms with Crippen LogP contribution in [-0.2, 0) is 6.54 Å². The Balaban J connectivity index is 2.04. The van der Waals surface area contributed by atoms with Gasteiger partial charge in [-0.05, 0) is 18.2 Å². The third-order valence-corrected chi connectivity index (χ3v) is 2.46. The molecule has 17 heavy (non-hydrogen) atoms. The van der Waals surface area contributed by atoms with Crippen LogP contribution in [-0.4, -0.2) is 12.1 Å². The minimum absolute atomic E-state index is 0.521. The summed E-state index contributed by atoms with van der Waals surface area (Å²) in [6.45, 7) is 0.690. The summed E-state index contributed by atoms with van der Waals surface area (Å²) in [5, 5.41) is 3.26. The smallest absolute Gasteiger partial charge is 0.123 e. The van der Waals surface area contributed by atoms with Crippen molar-refractivity contribution in [3.05, 3.63) is 48.2 Å². The first-order chi connectivity index (χ1) is 8.29. The van der Waals surface area contributed by atoms with E-state index >= 15 is 0 Å². The molecule has 0 saturated heterocycles. The lowest BCUT2D eigenvalue weighted by molar-refractivity contribution is 0.410. The van der Waals surface area contributed by atoms with Gasteiger partial charge in [-0.2, -0.15) is 0 Å². The molecule has 0 saturated carbocycles. The molecule has 2 aromatic rings. The third kappa shape index (κ3) is 2.87. The van der Waals surface area contributed by atoms with Crippen LogP contribution < -0.4 is 15.8 Å². The number of ether oxygens (including phenoxy) is 1. The fourth-order valence-electron chi connectivity index (χ4n) is 1.56. The average Bonchev–Trinajstić information content (AvgIpc) is 2.38. The second-order valence-electron chi connectivity index (χ2n) is 3.64. The van der Waals surface area contributed by atoms with Gasteiger partial charge in [-0.3, -0.25) is 0 Å². The summed E-state index contributed by atoms with van der Waals surface area (Å²) in [5.74, 6) is 1.40. The highest BCUT2D eigenvalue weighted by Gasteiger charge is 2.01. The van der Waals surface area contributed by atoms with E-state index < -0.39 is 0 Å². The van der Waals surface area contributed by atoms with Crippen LogP contribution in [0.5, 0.6) is 5.75 Å². The molecule has 0 unspecified atom stereocenters. The molecule has 4 heteroatoms. The molecule has 4 nitrogen and oxygen atoms in total. The predicted molar refractivity (Wildman–Crippen MR) is 69.0 cm³/mol. The minimum atomic E-state index is 0.521. The van der Waals surface area contributed by atoms with E-state index in [0.717, 1.165) is 17.0 Å². The Morgan fingerprint density at radius 1 is 1.24 bits per heavy atom. The molecule has 0 spiro atoms. The first-order valence-electron chi connectivity index (χ1n) is 5.37. The minimum Gasteiger partial charge on any atom is -0.496 e. The van der Waals surface area contributed by atoms with Crippen molar-refractivity contribution in [2.24, 2.45) is 0 Å². The topological polar surface area (TPSA) is 60.2 Å². The number of aromatic nitrogens is 1. The fraction of sp³-hybridized carbons (Fsp3) is 0.154. The van der Waals surface area contributed by atoms with Gasteiger partial charge in [0.15, 0.2) is 0 Å². The van der Waals surface area contributed by atoms with Crippen LogP contribution in [0.2, 0.25) is 0 Å². The number of pyridine rings is 1. The van der Waals surface area contributed by atoms with Crippen molar-refractivity contribution < 1.29 is 4.74 Å². The summed E-state index contributed by atoms with van der Waals surface area (Å²) in [7, 11) is 1.67. The summed E-state index contributed by atoms with van der Waals surface area (Å²) in [6, 6.07) is 11.6. The zero-order valence-corrected chi connectivity index (χ0v) is 9.68. The number of anilines is 2. The second kappa shape index (κ2) is 5.21. The highest BCUT2D eigenvalue weighted by molar-refractivity contribution is 5.46. The Kier molecular flexibility index (Phi) is 3.45. The Labute approximate surface area is 100 Å². The van der Waals surface area contributed by atoms with E-state index in [1.165, 1.54) is 0 Å². The SMILES string of the molecule is COc1ccccc1CNc1ccc(N)nc1. The van der Waals surface area contributed by atoms with Gasteiger partial charge in [0.1, 0.15) is 11.6 Å². The van der Waals surface area contributed by atoms with Gasteiger partial charge in [-0.1, -0.05) is 18.2 Å². The molecular weight excluding hydrogens is 214 g/mol. The lowest BCUT2D eigenvalue weighted by Gasteiger charge is -2.10. The molecule has 0 atom stereocenters. The normalized spacial score (nSPS) is 9.94. The highest BCUT2D eigenvalue weighted by Crippen LogP contribution is 2.18. The molecule has 0 bridgehead atoms. The van der Waals surface area contributed by atoms with E-state index in [1.54, 1.807) is 19.4 Å². The fourth-order valence-corrected chi connectivity index (χ4v) is 1.56. The van der Waals surface area contributed by atoms with Crippen LogP contribution in [0.15, 0.2) is 42.6 Å². The van der Waals surface area contributed by atoms with Gasteiger partial charge in [0.25, 0.3) is 0 Å². The third-order valence-electron chi connectivity index (χ3n) is 2.46. The Bertz CT molecular complexity index is 482. The Morgan fingerprint density at radius 2 is 2.06 bits per heavy atom. The maximum Gasteiger partial charge on any atom is 0.123 e. The van der Waals surface area contributed by atoms with E-state index in [0.29, 0.717) is 12.4 Å². The lowest BCUT2D eigenvalue weighted by atomic mass is 10.2. The molecule has 0 radical (unpaired) electrons. The molecule has 0 aliphatic rings. The van der Waals surface area contributed by atoms with Crippen molar-refractivity contribution in [2.45, 2.75) is 6.54 Å². The van der Waals surface area contributed by atoms with Crippen LogP contribution in [0.1, 0.15) is 5.56 Å². The zero-order valence-electron chi connectivity index (χ0n) is 9.68. The number of hydrogen-bond donors (Lipinski definition) is 2. The number of rotatable bonds is 4. The van der Waals surface area contributed by atoms with E-state index in [-0.39, 0.29) is 0 Å². The number of para-hydroxylation sites is 1. The monoisotopic (exact) mass is 229 g/mol. The second-order valence-corrected chi connectivity index (χ2v) is 3.64. The van der Waals surface area contributed by atoms with Gasteiger partial charge in [0.05, 0.1) is 19.0 Å². The number of hydrogen-bond acceptors (Lipinski definition) is 4. The molecule has 1 heterocycles. The summed E-state index contributed by atoms with van der Waals surface area (Å²) in [5.41, 5.74) is 7.56. The largest absolute Gasteiger partial charge is 0.496 e. The van der Waals surface area contributed by atoms with Crippen LogP contribution >= 0.6 is 0 Å². The highest BCUT2D eigenvalue weighted by atomic mass is 16.5. The van der Waals surface area contributed by atoms with Crippen molar-refractivity contribution in [2.75, 3.05) is 18.2 Å². The van der Waals surface area contributed by atoms with Gasteiger partial charge < -0.3 is 15.8 Å². The van der Waals surface area contributed by atoms with Crippen LogP contribution in [0, 0.1) is 0 Å². The molecule has 0 aliphatic carbocycles. The molecule has 3 N–H and O–H groups in total. The number of benzene rings is 1. The van der Waals surface area contributed by atoms with Crippen LogP contribution in [0.4, 0.5) is 11.5 Å². The van der Waals surface area contributed by atoms with Gasteiger partial charge in [-0.25, -0.2) is 4.98 Å². The summed E-state index contributed by atoms with van der Waals surface area (Å²) in [4.78, 5) is 4.02. The van der Waals surface area contributed by atoms with Crippen molar-refractivity contribution in [1.82, 2.24) is 4.98 Å². The molecular formula is C13H15N3O. The van der Waals surface area contributed by atoms with E-state index in [2.05, 4.69) is 10.3 Å². The molecule has 0 amide bonds. The van der Waals surface area contributed by atoms with Crippen molar-refractivity contribution in [3.63, 3.8) is 0 Å². The molecule has 1 aromatic heterocycles. The van der Waals surface area contributed by atoms with Gasteiger partial charge in [-0.15, -0.1) is 0 Å².